The first kappa shape index (κ1) is 8.48. The summed E-state index contributed by atoms with van der Waals surface area (Å²) < 4.78 is 0. The van der Waals surface area contributed by atoms with Crippen LogP contribution < -0.4 is 0 Å². The van der Waals surface area contributed by atoms with E-state index in [9.17, 15) is 5.11 Å². The topological polar surface area (TPSA) is 48.9 Å². The van der Waals surface area contributed by atoms with Crippen molar-refractivity contribution < 1.29 is 5.11 Å². The van der Waals surface area contributed by atoms with Crippen LogP contribution in [-0.4, -0.2) is 21.9 Å². The summed E-state index contributed by atoms with van der Waals surface area (Å²) in [6.45, 7) is 0.268. The molecule has 0 aromatic carbocycles. The van der Waals surface area contributed by atoms with Crippen LogP contribution in [0.3, 0.4) is 0 Å². The van der Waals surface area contributed by atoms with Gasteiger partial charge in [0.15, 0.2) is 0 Å². The molecule has 3 rings (SSSR count). The molecule has 1 aromatic rings. The summed E-state index contributed by atoms with van der Waals surface area (Å²) in [5, 5.41) is 16.9. The van der Waals surface area contributed by atoms with E-state index in [-0.39, 0.29) is 12.0 Å². The SMILES string of the molecule is OCC1(c2n[nH]c3c2CCCC3)CC1. The number of rotatable bonds is 2. The molecule has 0 atom stereocenters. The zero-order valence-electron chi connectivity index (χ0n) is 8.34. The quantitative estimate of drug-likeness (QED) is 0.742. The van der Waals surface area contributed by atoms with Crippen molar-refractivity contribution in [2.24, 2.45) is 0 Å². The zero-order chi connectivity index (χ0) is 9.60. The molecular weight excluding hydrogens is 176 g/mol. The molecule has 3 nitrogen and oxygen atoms in total. The first-order chi connectivity index (χ1) is 6.86. The molecule has 0 unspecified atom stereocenters. The van der Waals surface area contributed by atoms with Gasteiger partial charge in [-0.15, -0.1) is 0 Å². The Hall–Kier alpha value is -0.830. The van der Waals surface area contributed by atoms with Crippen LogP contribution in [0, 0.1) is 0 Å². The third-order valence-corrected chi connectivity index (χ3v) is 3.71. The van der Waals surface area contributed by atoms with Gasteiger partial charge in [-0.2, -0.15) is 5.10 Å². The highest BCUT2D eigenvalue weighted by Crippen LogP contribution is 2.49. The molecule has 14 heavy (non-hydrogen) atoms. The van der Waals surface area contributed by atoms with E-state index in [4.69, 9.17) is 0 Å². The molecule has 0 spiro atoms. The second kappa shape index (κ2) is 2.83. The van der Waals surface area contributed by atoms with Crippen molar-refractivity contribution >= 4 is 0 Å². The predicted molar refractivity (Wildman–Crippen MR) is 53.2 cm³/mol. The minimum absolute atomic E-state index is 0.0431. The number of aromatic amines is 1. The van der Waals surface area contributed by atoms with Crippen molar-refractivity contribution in [3.05, 3.63) is 17.0 Å². The van der Waals surface area contributed by atoms with E-state index in [0.29, 0.717) is 0 Å². The maximum atomic E-state index is 9.38. The Morgan fingerprint density at radius 3 is 2.79 bits per heavy atom. The lowest BCUT2D eigenvalue weighted by Gasteiger charge is -2.15. The molecule has 0 radical (unpaired) electrons. The first-order valence-electron chi connectivity index (χ1n) is 5.53. The van der Waals surface area contributed by atoms with Gasteiger partial charge in [-0.05, 0) is 44.1 Å². The molecule has 0 bridgehead atoms. The Morgan fingerprint density at radius 2 is 2.07 bits per heavy atom. The average Bonchev–Trinajstić information content (AvgIpc) is 2.91. The summed E-state index contributed by atoms with van der Waals surface area (Å²) in [6, 6.07) is 0. The number of fused-ring (bicyclic) bond motifs is 1. The standard InChI is InChI=1S/C11H16N2O/c14-7-11(5-6-11)10-8-3-1-2-4-9(8)12-13-10/h14H,1-7H2,(H,12,13). The van der Waals surface area contributed by atoms with Crippen LogP contribution in [-0.2, 0) is 18.3 Å². The van der Waals surface area contributed by atoms with Gasteiger partial charge in [0.1, 0.15) is 0 Å². The Bertz CT molecular complexity index is 352. The normalized spacial score (nSPS) is 23.2. The van der Waals surface area contributed by atoms with Gasteiger partial charge in [0.2, 0.25) is 0 Å². The van der Waals surface area contributed by atoms with E-state index in [1.807, 2.05) is 0 Å². The van der Waals surface area contributed by atoms with Crippen molar-refractivity contribution in [3.63, 3.8) is 0 Å². The summed E-state index contributed by atoms with van der Waals surface area (Å²) in [5.41, 5.74) is 3.96. The van der Waals surface area contributed by atoms with Gasteiger partial charge < -0.3 is 5.11 Å². The van der Waals surface area contributed by atoms with Crippen LogP contribution in [0.25, 0.3) is 0 Å². The monoisotopic (exact) mass is 192 g/mol. The number of nitrogens with zero attached hydrogens (tertiary/aromatic N) is 1. The lowest BCUT2D eigenvalue weighted by molar-refractivity contribution is 0.252. The number of nitrogens with one attached hydrogen (secondary N) is 1. The van der Waals surface area contributed by atoms with Crippen LogP contribution in [0.5, 0.6) is 0 Å². The number of aromatic nitrogens is 2. The minimum Gasteiger partial charge on any atom is -0.395 e. The summed E-state index contributed by atoms with van der Waals surface area (Å²) in [7, 11) is 0. The Balaban J connectivity index is 2.02. The molecule has 1 saturated carbocycles. The lowest BCUT2D eigenvalue weighted by Crippen LogP contribution is -2.15. The summed E-state index contributed by atoms with van der Waals surface area (Å²) >= 11 is 0. The fourth-order valence-electron chi connectivity index (χ4n) is 2.54. The number of aryl methyl sites for hydroxylation is 1. The summed E-state index contributed by atoms with van der Waals surface area (Å²) in [5.74, 6) is 0. The highest BCUT2D eigenvalue weighted by molar-refractivity contribution is 5.37. The van der Waals surface area contributed by atoms with Gasteiger partial charge in [-0.3, -0.25) is 5.10 Å². The van der Waals surface area contributed by atoms with Crippen LogP contribution in [0.15, 0.2) is 0 Å². The van der Waals surface area contributed by atoms with E-state index in [0.717, 1.165) is 25.7 Å². The second-order valence-electron chi connectivity index (χ2n) is 4.67. The fraction of sp³-hybridized carbons (Fsp3) is 0.727. The molecule has 2 aliphatic carbocycles. The van der Waals surface area contributed by atoms with E-state index in [2.05, 4.69) is 10.2 Å². The van der Waals surface area contributed by atoms with Crippen LogP contribution in [0.4, 0.5) is 0 Å². The maximum absolute atomic E-state index is 9.38. The summed E-state index contributed by atoms with van der Waals surface area (Å²) in [4.78, 5) is 0. The van der Waals surface area contributed by atoms with Crippen LogP contribution >= 0.6 is 0 Å². The lowest BCUT2D eigenvalue weighted by atomic mass is 9.90. The number of H-pyrrole nitrogens is 1. The Labute approximate surface area is 83.5 Å². The number of hydrogen-bond donors (Lipinski definition) is 2. The van der Waals surface area contributed by atoms with E-state index < -0.39 is 0 Å². The number of aliphatic hydroxyl groups is 1. The van der Waals surface area contributed by atoms with Gasteiger partial charge in [0.05, 0.1) is 12.3 Å². The van der Waals surface area contributed by atoms with Crippen molar-refractivity contribution in [2.75, 3.05) is 6.61 Å². The fourth-order valence-corrected chi connectivity index (χ4v) is 2.54. The van der Waals surface area contributed by atoms with Gasteiger partial charge in [-0.1, -0.05) is 0 Å². The Kier molecular flexibility index (Phi) is 1.71. The van der Waals surface area contributed by atoms with Crippen molar-refractivity contribution in [1.29, 1.82) is 0 Å². The summed E-state index contributed by atoms with van der Waals surface area (Å²) in [6.07, 6.45) is 7.08. The third-order valence-electron chi connectivity index (χ3n) is 3.71. The van der Waals surface area contributed by atoms with E-state index in [1.54, 1.807) is 0 Å². The van der Waals surface area contributed by atoms with Crippen LogP contribution in [0.2, 0.25) is 0 Å². The highest BCUT2D eigenvalue weighted by atomic mass is 16.3. The van der Waals surface area contributed by atoms with Gasteiger partial charge >= 0.3 is 0 Å². The largest absolute Gasteiger partial charge is 0.395 e. The smallest absolute Gasteiger partial charge is 0.0741 e. The third kappa shape index (κ3) is 1.05. The highest BCUT2D eigenvalue weighted by Gasteiger charge is 2.47. The van der Waals surface area contributed by atoms with Crippen molar-refractivity contribution in [1.82, 2.24) is 10.2 Å². The zero-order valence-corrected chi connectivity index (χ0v) is 8.34. The Morgan fingerprint density at radius 1 is 1.29 bits per heavy atom. The molecule has 0 aliphatic heterocycles. The molecule has 0 amide bonds. The number of aliphatic hydroxyl groups excluding tert-OH is 1. The molecule has 1 aromatic heterocycles. The first-order valence-corrected chi connectivity index (χ1v) is 5.53. The molecule has 3 heteroatoms. The average molecular weight is 192 g/mol. The molecule has 76 valence electrons. The molecule has 2 N–H and O–H groups in total. The van der Waals surface area contributed by atoms with Crippen LogP contribution in [0.1, 0.15) is 42.6 Å². The minimum atomic E-state index is 0.0431. The predicted octanol–water partition coefficient (Wildman–Crippen LogP) is 1.31. The molecule has 0 saturated heterocycles. The van der Waals surface area contributed by atoms with E-state index in [1.165, 1.54) is 29.8 Å². The van der Waals surface area contributed by atoms with Crippen molar-refractivity contribution in [2.45, 2.75) is 43.9 Å². The molecule has 1 fully saturated rings. The molecule has 2 aliphatic rings. The van der Waals surface area contributed by atoms with Crippen molar-refractivity contribution in [3.8, 4) is 0 Å². The van der Waals surface area contributed by atoms with Gasteiger partial charge in [0, 0.05) is 11.1 Å². The maximum Gasteiger partial charge on any atom is 0.0741 e. The molecular formula is C11H16N2O. The van der Waals surface area contributed by atoms with Gasteiger partial charge in [0.25, 0.3) is 0 Å². The second-order valence-corrected chi connectivity index (χ2v) is 4.67. The molecule has 1 heterocycles. The van der Waals surface area contributed by atoms with E-state index >= 15 is 0 Å². The number of hydrogen-bond acceptors (Lipinski definition) is 2. The van der Waals surface area contributed by atoms with Gasteiger partial charge in [-0.25, -0.2) is 0 Å².